The first-order valence-electron chi connectivity index (χ1n) is 8.67. The SMILES string of the molecule is CCC1(c2cccc(O)c2)CCCCN(CCN)C1=O.O=C(O)C(F)(F)F. The van der Waals surface area contributed by atoms with Crippen LogP contribution >= 0.6 is 0 Å². The number of likely N-dealkylation sites (tertiary alicyclic amines) is 1. The third kappa shape index (κ3) is 5.85. The van der Waals surface area contributed by atoms with Crippen molar-refractivity contribution >= 4 is 11.9 Å². The van der Waals surface area contributed by atoms with Gasteiger partial charge in [-0.25, -0.2) is 4.79 Å². The van der Waals surface area contributed by atoms with Crippen molar-refractivity contribution in [3.05, 3.63) is 29.8 Å². The maximum absolute atomic E-state index is 13.0. The summed E-state index contributed by atoms with van der Waals surface area (Å²) in [5.74, 6) is -2.38. The molecule has 9 heteroatoms. The molecule has 0 spiro atoms. The van der Waals surface area contributed by atoms with E-state index in [-0.39, 0.29) is 11.7 Å². The molecule has 0 aliphatic carbocycles. The van der Waals surface area contributed by atoms with Crippen LogP contribution in [0.3, 0.4) is 0 Å². The number of alkyl halides is 3. The number of aromatic hydroxyl groups is 1. The zero-order valence-corrected chi connectivity index (χ0v) is 15.1. The number of phenolic OH excluding ortho intramolecular Hbond substituents is 1. The Morgan fingerprint density at radius 2 is 1.96 bits per heavy atom. The van der Waals surface area contributed by atoms with E-state index in [9.17, 15) is 23.1 Å². The van der Waals surface area contributed by atoms with Gasteiger partial charge in [-0.3, -0.25) is 4.79 Å². The van der Waals surface area contributed by atoms with Gasteiger partial charge in [-0.05, 0) is 37.0 Å². The lowest BCUT2D eigenvalue weighted by Crippen LogP contribution is -2.47. The number of halogens is 3. The van der Waals surface area contributed by atoms with E-state index in [1.807, 2.05) is 24.0 Å². The van der Waals surface area contributed by atoms with Gasteiger partial charge in [-0.2, -0.15) is 13.2 Å². The first-order valence-corrected chi connectivity index (χ1v) is 8.67. The topological polar surface area (TPSA) is 104 Å². The van der Waals surface area contributed by atoms with E-state index in [0.29, 0.717) is 13.1 Å². The lowest BCUT2D eigenvalue weighted by Gasteiger charge is -2.35. The van der Waals surface area contributed by atoms with Crippen molar-refractivity contribution in [2.75, 3.05) is 19.6 Å². The maximum Gasteiger partial charge on any atom is 0.490 e. The van der Waals surface area contributed by atoms with Gasteiger partial charge in [0.2, 0.25) is 5.91 Å². The fourth-order valence-corrected chi connectivity index (χ4v) is 3.21. The van der Waals surface area contributed by atoms with E-state index in [2.05, 4.69) is 0 Å². The molecule has 0 radical (unpaired) electrons. The Hall–Kier alpha value is -2.29. The van der Waals surface area contributed by atoms with E-state index in [0.717, 1.165) is 37.8 Å². The second-order valence-electron chi connectivity index (χ2n) is 6.33. The first kappa shape index (κ1) is 22.8. The number of carboxylic acid groups (broad SMARTS) is 1. The lowest BCUT2D eigenvalue weighted by molar-refractivity contribution is -0.192. The van der Waals surface area contributed by atoms with Crippen LogP contribution in [0.15, 0.2) is 24.3 Å². The number of carbonyl (C=O) groups is 2. The summed E-state index contributed by atoms with van der Waals surface area (Å²) >= 11 is 0. The Morgan fingerprint density at radius 1 is 1.33 bits per heavy atom. The summed E-state index contributed by atoms with van der Waals surface area (Å²) in [6, 6.07) is 7.14. The normalized spacial score (nSPS) is 20.5. The summed E-state index contributed by atoms with van der Waals surface area (Å²) in [5, 5.41) is 16.9. The number of phenols is 1. The van der Waals surface area contributed by atoms with E-state index < -0.39 is 17.6 Å². The molecule has 1 amide bonds. The highest BCUT2D eigenvalue weighted by Gasteiger charge is 2.42. The molecular formula is C18H25F3N2O4. The fraction of sp³-hybridized carbons (Fsp3) is 0.556. The number of carbonyl (C=O) groups excluding carboxylic acids is 1. The highest BCUT2D eigenvalue weighted by Crippen LogP contribution is 2.38. The summed E-state index contributed by atoms with van der Waals surface area (Å²) in [6.07, 6.45) is -1.45. The zero-order valence-electron chi connectivity index (χ0n) is 15.1. The minimum atomic E-state index is -5.08. The molecule has 152 valence electrons. The average molecular weight is 390 g/mol. The number of hydrogen-bond acceptors (Lipinski definition) is 4. The Bertz CT molecular complexity index is 652. The molecule has 27 heavy (non-hydrogen) atoms. The smallest absolute Gasteiger partial charge is 0.490 e. The number of aliphatic carboxylic acids is 1. The zero-order chi connectivity index (χ0) is 20.7. The Morgan fingerprint density at radius 3 is 2.44 bits per heavy atom. The molecule has 1 atom stereocenters. The average Bonchev–Trinajstić information content (AvgIpc) is 2.75. The molecule has 1 aliphatic heterocycles. The van der Waals surface area contributed by atoms with Crippen LogP contribution in [0.1, 0.15) is 38.2 Å². The van der Waals surface area contributed by atoms with Crippen molar-refractivity contribution < 1.29 is 33.0 Å². The molecule has 0 saturated carbocycles. The quantitative estimate of drug-likeness (QED) is 0.733. The van der Waals surface area contributed by atoms with Crippen LogP contribution in [0.25, 0.3) is 0 Å². The van der Waals surface area contributed by atoms with Crippen molar-refractivity contribution in [3.63, 3.8) is 0 Å². The van der Waals surface area contributed by atoms with Crippen LogP contribution in [-0.4, -0.2) is 52.8 Å². The second kappa shape index (κ2) is 9.59. The molecular weight excluding hydrogens is 365 g/mol. The summed E-state index contributed by atoms with van der Waals surface area (Å²) in [5.41, 5.74) is 6.05. The highest BCUT2D eigenvalue weighted by molar-refractivity contribution is 5.88. The van der Waals surface area contributed by atoms with Crippen LogP contribution in [-0.2, 0) is 15.0 Å². The van der Waals surface area contributed by atoms with Crippen LogP contribution in [0.2, 0.25) is 0 Å². The van der Waals surface area contributed by atoms with Crippen LogP contribution < -0.4 is 5.73 Å². The maximum atomic E-state index is 13.0. The predicted molar refractivity (Wildman–Crippen MR) is 93.3 cm³/mol. The number of hydrogen-bond donors (Lipinski definition) is 3. The van der Waals surface area contributed by atoms with Crippen molar-refractivity contribution in [2.45, 2.75) is 44.2 Å². The summed E-state index contributed by atoms with van der Waals surface area (Å²) in [4.78, 5) is 23.8. The molecule has 1 aromatic carbocycles. The van der Waals surface area contributed by atoms with Crippen molar-refractivity contribution in [1.29, 1.82) is 0 Å². The van der Waals surface area contributed by atoms with E-state index in [1.54, 1.807) is 12.1 Å². The number of carboxylic acids is 1. The molecule has 1 unspecified atom stereocenters. The van der Waals surface area contributed by atoms with Gasteiger partial charge in [0.05, 0.1) is 5.41 Å². The van der Waals surface area contributed by atoms with Crippen molar-refractivity contribution in [1.82, 2.24) is 4.90 Å². The van der Waals surface area contributed by atoms with Crippen LogP contribution in [0, 0.1) is 0 Å². The standard InChI is InChI=1S/C16H24N2O2.C2HF3O2/c1-2-16(13-6-5-7-14(19)12-13)8-3-4-10-18(11-9-17)15(16)20;3-2(4,5)1(6)7/h5-7,12,19H,2-4,8-11,17H2,1H3;(H,6,7). The summed E-state index contributed by atoms with van der Waals surface area (Å²) in [7, 11) is 0. The molecule has 1 fully saturated rings. The van der Waals surface area contributed by atoms with Gasteiger partial charge in [0.1, 0.15) is 5.75 Å². The summed E-state index contributed by atoms with van der Waals surface area (Å²) < 4.78 is 31.7. The molecule has 4 N–H and O–H groups in total. The largest absolute Gasteiger partial charge is 0.508 e. The van der Waals surface area contributed by atoms with Gasteiger partial charge in [-0.1, -0.05) is 25.5 Å². The van der Waals surface area contributed by atoms with E-state index in [4.69, 9.17) is 15.6 Å². The number of rotatable bonds is 4. The Kier molecular flexibility index (Phi) is 8.08. The van der Waals surface area contributed by atoms with Crippen LogP contribution in [0.5, 0.6) is 5.75 Å². The first-order chi connectivity index (χ1) is 12.6. The van der Waals surface area contributed by atoms with E-state index in [1.165, 1.54) is 0 Å². The van der Waals surface area contributed by atoms with Gasteiger partial charge in [0.15, 0.2) is 0 Å². The molecule has 0 bridgehead atoms. The van der Waals surface area contributed by atoms with E-state index >= 15 is 0 Å². The number of benzene rings is 1. The van der Waals surface area contributed by atoms with Gasteiger partial charge in [0, 0.05) is 19.6 Å². The minimum Gasteiger partial charge on any atom is -0.508 e. The molecule has 0 aromatic heterocycles. The minimum absolute atomic E-state index is 0.161. The lowest BCUT2D eigenvalue weighted by atomic mass is 9.73. The third-order valence-corrected chi connectivity index (χ3v) is 4.62. The fourth-order valence-electron chi connectivity index (χ4n) is 3.21. The van der Waals surface area contributed by atoms with Gasteiger partial charge in [-0.15, -0.1) is 0 Å². The monoisotopic (exact) mass is 390 g/mol. The molecule has 1 heterocycles. The molecule has 6 nitrogen and oxygen atoms in total. The van der Waals surface area contributed by atoms with Crippen LogP contribution in [0.4, 0.5) is 13.2 Å². The number of nitrogens with zero attached hydrogens (tertiary/aromatic N) is 1. The number of amides is 1. The highest BCUT2D eigenvalue weighted by atomic mass is 19.4. The second-order valence-corrected chi connectivity index (χ2v) is 6.33. The Balaban J connectivity index is 0.000000445. The molecule has 2 rings (SSSR count). The van der Waals surface area contributed by atoms with Crippen molar-refractivity contribution in [2.24, 2.45) is 5.73 Å². The molecule has 1 aromatic rings. The van der Waals surface area contributed by atoms with Gasteiger partial charge >= 0.3 is 12.1 Å². The number of nitrogens with two attached hydrogens (primary N) is 1. The van der Waals surface area contributed by atoms with Crippen molar-refractivity contribution in [3.8, 4) is 5.75 Å². The molecule has 1 aliphatic rings. The third-order valence-electron chi connectivity index (χ3n) is 4.62. The molecule has 1 saturated heterocycles. The summed E-state index contributed by atoms with van der Waals surface area (Å²) in [6.45, 7) is 3.94. The Labute approximate surface area is 155 Å². The van der Waals surface area contributed by atoms with Gasteiger partial charge < -0.3 is 20.8 Å². The predicted octanol–water partition coefficient (Wildman–Crippen LogP) is 2.64. The van der Waals surface area contributed by atoms with Gasteiger partial charge in [0.25, 0.3) is 0 Å².